The van der Waals surface area contributed by atoms with Crippen molar-refractivity contribution in [3.63, 3.8) is 0 Å². The van der Waals surface area contributed by atoms with Crippen LogP contribution < -0.4 is 0 Å². The third-order valence-corrected chi connectivity index (χ3v) is 2.33. The lowest BCUT2D eigenvalue weighted by atomic mass is 9.94. The molecule has 1 heteroatoms. The van der Waals surface area contributed by atoms with E-state index in [1.807, 2.05) is 60.9 Å². The summed E-state index contributed by atoms with van der Waals surface area (Å²) >= 11 is 0. The van der Waals surface area contributed by atoms with E-state index in [0.717, 1.165) is 16.7 Å². The van der Waals surface area contributed by atoms with Crippen molar-refractivity contribution in [1.82, 2.24) is 0 Å². The van der Waals surface area contributed by atoms with Crippen LogP contribution in [0.5, 0.6) is 0 Å². The van der Waals surface area contributed by atoms with E-state index >= 15 is 0 Å². The zero-order valence-corrected chi connectivity index (χ0v) is 8.31. The second-order valence-electron chi connectivity index (χ2n) is 3.39. The lowest BCUT2D eigenvalue weighted by molar-refractivity contribution is 0.567. The minimum atomic E-state index is 0.679. The van der Waals surface area contributed by atoms with Gasteiger partial charge in [0, 0.05) is 18.4 Å². The van der Waals surface area contributed by atoms with Crippen molar-refractivity contribution in [2.75, 3.05) is 0 Å². The molecule has 0 atom stereocenters. The second-order valence-corrected chi connectivity index (χ2v) is 3.39. The molecule has 1 aromatic rings. The van der Waals surface area contributed by atoms with Gasteiger partial charge in [0.05, 0.1) is 0 Å². The van der Waals surface area contributed by atoms with Gasteiger partial charge in [-0.1, -0.05) is 48.6 Å². The van der Waals surface area contributed by atoms with Gasteiger partial charge >= 0.3 is 0 Å². The van der Waals surface area contributed by atoms with Gasteiger partial charge in [-0.25, -0.2) is 4.79 Å². The Labute approximate surface area is 89.4 Å². The smallest absolute Gasteiger partial charge is 0.128 e. The average Bonchev–Trinajstić information content (AvgIpc) is 2.31. The fourth-order valence-corrected chi connectivity index (χ4v) is 1.54. The normalized spacial score (nSPS) is 14.7. The van der Waals surface area contributed by atoms with Crippen molar-refractivity contribution >= 4 is 5.94 Å². The zero-order chi connectivity index (χ0) is 10.5. The molecule has 1 nitrogen and oxygen atoms in total. The van der Waals surface area contributed by atoms with Crippen LogP contribution in [0.4, 0.5) is 0 Å². The van der Waals surface area contributed by atoms with Crippen LogP contribution in [-0.2, 0) is 4.79 Å². The topological polar surface area (TPSA) is 17.1 Å². The summed E-state index contributed by atoms with van der Waals surface area (Å²) in [7, 11) is 0. The molecule has 1 radical (unpaired) electrons. The van der Waals surface area contributed by atoms with Crippen molar-refractivity contribution in [1.29, 1.82) is 0 Å². The minimum absolute atomic E-state index is 0.679. The van der Waals surface area contributed by atoms with Crippen LogP contribution in [0.1, 0.15) is 12.0 Å². The number of carbonyl (C=O) groups excluding carboxylic acids is 1. The van der Waals surface area contributed by atoms with E-state index < -0.39 is 0 Å². The number of benzene rings is 1. The predicted molar refractivity (Wildman–Crippen MR) is 60.9 cm³/mol. The van der Waals surface area contributed by atoms with E-state index in [4.69, 9.17) is 0 Å². The number of hydrogen-bond acceptors (Lipinski definition) is 1. The average molecular weight is 195 g/mol. The molecule has 15 heavy (non-hydrogen) atoms. The van der Waals surface area contributed by atoms with Crippen molar-refractivity contribution in [2.45, 2.75) is 6.42 Å². The molecule has 1 aliphatic carbocycles. The maximum atomic E-state index is 10.7. The van der Waals surface area contributed by atoms with E-state index in [1.54, 1.807) is 0 Å². The van der Waals surface area contributed by atoms with Gasteiger partial charge in [-0.3, -0.25) is 0 Å². The van der Waals surface area contributed by atoms with Crippen LogP contribution in [0.3, 0.4) is 0 Å². The van der Waals surface area contributed by atoms with Crippen LogP contribution in [0.15, 0.2) is 59.7 Å². The highest BCUT2D eigenvalue weighted by Gasteiger charge is 2.08. The van der Waals surface area contributed by atoms with Crippen molar-refractivity contribution in [3.05, 3.63) is 71.7 Å². The lowest BCUT2D eigenvalue weighted by Crippen LogP contribution is -1.95. The minimum Gasteiger partial charge on any atom is -0.233 e. The maximum Gasteiger partial charge on any atom is 0.128 e. The Morgan fingerprint density at radius 2 is 2.00 bits per heavy atom. The Morgan fingerprint density at radius 3 is 2.73 bits per heavy atom. The van der Waals surface area contributed by atoms with Gasteiger partial charge in [0.2, 0.25) is 0 Å². The third-order valence-electron chi connectivity index (χ3n) is 2.33. The lowest BCUT2D eigenvalue weighted by Gasteiger charge is -2.09. The molecule has 73 valence electrons. The summed E-state index contributed by atoms with van der Waals surface area (Å²) in [4.78, 5) is 10.7. The summed E-state index contributed by atoms with van der Waals surface area (Å²) in [6.07, 6.45) is 8.55. The molecule has 0 saturated carbocycles. The van der Waals surface area contributed by atoms with Gasteiger partial charge < -0.3 is 0 Å². The highest BCUT2D eigenvalue weighted by Crippen LogP contribution is 2.22. The fraction of sp³-hybridized carbons (Fsp3) is 0.0714. The molecular formula is C14H11O. The van der Waals surface area contributed by atoms with Gasteiger partial charge in [-0.05, 0) is 11.1 Å². The highest BCUT2D eigenvalue weighted by atomic mass is 16.1. The van der Waals surface area contributed by atoms with E-state index in [9.17, 15) is 4.79 Å². The number of hydrogen-bond donors (Lipinski definition) is 0. The summed E-state index contributed by atoms with van der Waals surface area (Å²) < 4.78 is 0. The maximum absolute atomic E-state index is 10.7. The first-order chi connectivity index (χ1) is 7.40. The fourth-order valence-electron chi connectivity index (χ4n) is 1.54. The first-order valence-corrected chi connectivity index (χ1v) is 4.91. The van der Waals surface area contributed by atoms with Crippen LogP contribution in [0.25, 0.3) is 0 Å². The van der Waals surface area contributed by atoms with E-state index in [0.29, 0.717) is 6.42 Å². The Balaban J connectivity index is 2.22. The van der Waals surface area contributed by atoms with Crippen LogP contribution in [0.2, 0.25) is 0 Å². The van der Waals surface area contributed by atoms with E-state index in [-0.39, 0.29) is 0 Å². The molecular weight excluding hydrogens is 184 g/mol. The molecule has 0 spiro atoms. The van der Waals surface area contributed by atoms with Crippen LogP contribution in [0, 0.1) is 6.42 Å². The third kappa shape index (κ3) is 2.34. The first kappa shape index (κ1) is 9.70. The summed E-state index contributed by atoms with van der Waals surface area (Å²) in [6, 6.07) is 9.97. The molecule has 0 fully saturated rings. The number of allylic oxidation sites excluding steroid dienone is 5. The quantitative estimate of drug-likeness (QED) is 0.663. The SMILES string of the molecule is O=C=C1CC=CC=C1[CH]c1ccccc1. The van der Waals surface area contributed by atoms with Crippen molar-refractivity contribution in [3.8, 4) is 0 Å². The van der Waals surface area contributed by atoms with E-state index in [2.05, 4.69) is 0 Å². The zero-order valence-electron chi connectivity index (χ0n) is 8.31. The summed E-state index contributed by atoms with van der Waals surface area (Å²) in [5.74, 6) is 1.99. The first-order valence-electron chi connectivity index (χ1n) is 4.91. The van der Waals surface area contributed by atoms with Gasteiger partial charge in [0.15, 0.2) is 0 Å². The standard InChI is InChI=1S/C14H11O/c15-11-14-9-5-4-8-13(14)10-12-6-2-1-3-7-12/h1-8,10H,9H2. The molecule has 0 bridgehead atoms. The largest absolute Gasteiger partial charge is 0.233 e. The highest BCUT2D eigenvalue weighted by molar-refractivity contribution is 5.66. The Bertz CT molecular complexity index is 445. The molecule has 0 aliphatic heterocycles. The molecule has 0 saturated heterocycles. The predicted octanol–water partition coefficient (Wildman–Crippen LogP) is 2.88. The Kier molecular flexibility index (Phi) is 2.96. The van der Waals surface area contributed by atoms with Crippen LogP contribution >= 0.6 is 0 Å². The van der Waals surface area contributed by atoms with Crippen molar-refractivity contribution < 1.29 is 4.79 Å². The molecule has 0 unspecified atom stereocenters. The Hall–Kier alpha value is -1.85. The monoisotopic (exact) mass is 195 g/mol. The molecule has 1 aromatic carbocycles. The molecule has 0 amide bonds. The summed E-state index contributed by atoms with van der Waals surface area (Å²) in [5, 5.41) is 0. The molecule has 2 rings (SSSR count). The van der Waals surface area contributed by atoms with Gasteiger partial charge in [-0.2, -0.15) is 0 Å². The molecule has 1 aliphatic rings. The van der Waals surface area contributed by atoms with Gasteiger partial charge in [-0.15, -0.1) is 0 Å². The molecule has 0 aromatic heterocycles. The Morgan fingerprint density at radius 1 is 1.20 bits per heavy atom. The molecule has 0 heterocycles. The van der Waals surface area contributed by atoms with E-state index in [1.165, 1.54) is 0 Å². The van der Waals surface area contributed by atoms with Gasteiger partial charge in [0.1, 0.15) is 5.94 Å². The summed E-state index contributed by atoms with van der Waals surface area (Å²) in [5.41, 5.74) is 2.78. The molecule has 0 N–H and O–H groups in total. The summed E-state index contributed by atoms with van der Waals surface area (Å²) in [6.45, 7) is 0. The van der Waals surface area contributed by atoms with Gasteiger partial charge in [0.25, 0.3) is 0 Å². The second kappa shape index (κ2) is 4.59. The van der Waals surface area contributed by atoms with Crippen LogP contribution in [-0.4, -0.2) is 5.94 Å². The van der Waals surface area contributed by atoms with Crippen molar-refractivity contribution in [2.24, 2.45) is 0 Å². The number of rotatable bonds is 2.